The molecule has 6 heteroatoms. The Labute approximate surface area is 148 Å². The third kappa shape index (κ3) is 3.03. The average molecular weight is 356 g/mol. The van der Waals surface area contributed by atoms with Crippen LogP contribution in [-0.4, -0.2) is 54.1 Å². The molecule has 1 saturated carbocycles. The second-order valence-electron chi connectivity index (χ2n) is 7.49. The van der Waals surface area contributed by atoms with Crippen LogP contribution in [0.1, 0.15) is 39.5 Å². The van der Waals surface area contributed by atoms with Crippen molar-refractivity contribution in [2.24, 2.45) is 5.92 Å². The molecular formula is C18H26ClNO4. The zero-order chi connectivity index (χ0) is 17.6. The second-order valence-corrected chi connectivity index (χ2v) is 7.93. The van der Waals surface area contributed by atoms with Gasteiger partial charge in [0.1, 0.15) is 12.2 Å². The van der Waals surface area contributed by atoms with Gasteiger partial charge in [-0.2, -0.15) is 0 Å². The van der Waals surface area contributed by atoms with E-state index in [0.29, 0.717) is 22.6 Å². The van der Waals surface area contributed by atoms with E-state index in [4.69, 9.17) is 21.1 Å². The van der Waals surface area contributed by atoms with Crippen molar-refractivity contribution in [3.05, 3.63) is 22.3 Å². The van der Waals surface area contributed by atoms with Crippen LogP contribution in [0, 0.1) is 5.92 Å². The first kappa shape index (κ1) is 17.9. The molecule has 2 fully saturated rings. The van der Waals surface area contributed by atoms with Gasteiger partial charge in [0.05, 0.1) is 10.6 Å². The van der Waals surface area contributed by atoms with Crippen LogP contribution in [0.25, 0.3) is 0 Å². The van der Waals surface area contributed by atoms with Gasteiger partial charge in [-0.3, -0.25) is 0 Å². The fourth-order valence-electron chi connectivity index (χ4n) is 4.20. The van der Waals surface area contributed by atoms with E-state index in [0.717, 1.165) is 25.7 Å². The maximum absolute atomic E-state index is 11.4. The Morgan fingerprint density at radius 2 is 1.83 bits per heavy atom. The molecule has 24 heavy (non-hydrogen) atoms. The van der Waals surface area contributed by atoms with Gasteiger partial charge in [-0.05, 0) is 65.3 Å². The van der Waals surface area contributed by atoms with Crippen LogP contribution in [0.5, 0.6) is 0 Å². The molecule has 1 heterocycles. The zero-order valence-corrected chi connectivity index (χ0v) is 15.5. The molecule has 1 N–H and O–H groups in total. The highest BCUT2D eigenvalue weighted by molar-refractivity contribution is 6.31. The molecule has 2 aliphatic carbocycles. The molecule has 3 atom stereocenters. The van der Waals surface area contributed by atoms with Crippen LogP contribution in [-0.2, 0) is 14.3 Å². The van der Waals surface area contributed by atoms with E-state index in [9.17, 15) is 9.90 Å². The number of fused-ring (bicyclic) bond motifs is 1. The van der Waals surface area contributed by atoms with E-state index in [2.05, 4.69) is 19.0 Å². The first-order valence-electron chi connectivity index (χ1n) is 8.56. The maximum atomic E-state index is 11.4. The molecule has 0 aromatic heterocycles. The fraction of sp³-hybridized carbons (Fsp3) is 0.722. The van der Waals surface area contributed by atoms with Crippen LogP contribution in [0.4, 0.5) is 0 Å². The van der Waals surface area contributed by atoms with Crippen molar-refractivity contribution in [2.45, 2.75) is 63.6 Å². The summed E-state index contributed by atoms with van der Waals surface area (Å²) in [5.41, 5.74) is 0.896. The number of halogens is 1. The Kier molecular flexibility index (Phi) is 4.82. The summed E-state index contributed by atoms with van der Waals surface area (Å²) < 4.78 is 12.5. The fourth-order valence-corrected chi connectivity index (χ4v) is 4.47. The highest BCUT2D eigenvalue weighted by atomic mass is 35.5. The van der Waals surface area contributed by atoms with Crippen molar-refractivity contribution in [3.8, 4) is 0 Å². The first-order chi connectivity index (χ1) is 11.2. The molecule has 134 valence electrons. The number of carbonyl (C=O) groups is 1. The van der Waals surface area contributed by atoms with Crippen molar-refractivity contribution in [3.63, 3.8) is 0 Å². The van der Waals surface area contributed by atoms with E-state index >= 15 is 0 Å². The molecule has 5 nitrogen and oxygen atoms in total. The summed E-state index contributed by atoms with van der Waals surface area (Å²) in [7, 11) is 4.24. The molecule has 0 bridgehead atoms. The number of carboxylic acid groups (broad SMARTS) is 1. The number of rotatable bonds is 3. The minimum absolute atomic E-state index is 0.213. The SMILES string of the molecule is CC1=C(C(=O)O)C=C(Cl)C2O[C@](C)([C@H]3CC[C@H](N(C)C)CC3)OC12. The highest BCUT2D eigenvalue weighted by Gasteiger charge is 2.52. The van der Waals surface area contributed by atoms with E-state index in [1.165, 1.54) is 6.08 Å². The van der Waals surface area contributed by atoms with Crippen molar-refractivity contribution in [1.82, 2.24) is 4.90 Å². The third-order valence-corrected chi connectivity index (χ3v) is 6.13. The summed E-state index contributed by atoms with van der Waals surface area (Å²) in [5.74, 6) is -1.40. The lowest BCUT2D eigenvalue weighted by atomic mass is 9.81. The Hall–Kier alpha value is -0.880. The molecular weight excluding hydrogens is 330 g/mol. The van der Waals surface area contributed by atoms with Gasteiger partial charge in [0.25, 0.3) is 0 Å². The second kappa shape index (κ2) is 6.45. The number of carboxylic acids is 1. The van der Waals surface area contributed by atoms with Gasteiger partial charge < -0.3 is 19.5 Å². The Bertz CT molecular complexity index is 592. The maximum Gasteiger partial charge on any atom is 0.335 e. The molecule has 0 amide bonds. The number of aliphatic carboxylic acids is 1. The van der Waals surface area contributed by atoms with Crippen LogP contribution >= 0.6 is 11.6 Å². The standard InChI is InChI=1S/C18H26ClNO4/c1-10-13(17(21)22)9-14(19)16-15(10)23-18(2,24-16)11-5-7-12(8-6-11)20(3)4/h9,11-12,15-16H,5-8H2,1-4H3,(H,21,22)/t11-,12-,15?,16?,18-/m1/s1. The lowest BCUT2D eigenvalue weighted by Crippen LogP contribution is -2.42. The zero-order valence-electron chi connectivity index (χ0n) is 14.7. The topological polar surface area (TPSA) is 59.0 Å². The minimum Gasteiger partial charge on any atom is -0.478 e. The number of ether oxygens (including phenoxy) is 2. The molecule has 0 spiro atoms. The van der Waals surface area contributed by atoms with E-state index in [1.54, 1.807) is 6.92 Å². The molecule has 1 saturated heterocycles. The van der Waals surface area contributed by atoms with Crippen LogP contribution in [0.3, 0.4) is 0 Å². The lowest BCUT2D eigenvalue weighted by Gasteiger charge is -2.39. The largest absolute Gasteiger partial charge is 0.478 e. The molecule has 3 aliphatic rings. The molecule has 0 aromatic rings. The van der Waals surface area contributed by atoms with Crippen LogP contribution in [0.15, 0.2) is 22.3 Å². The molecule has 0 aromatic carbocycles. The normalized spacial score (nSPS) is 39.8. The molecule has 2 unspecified atom stereocenters. The summed E-state index contributed by atoms with van der Waals surface area (Å²) in [4.78, 5) is 13.7. The predicted molar refractivity (Wildman–Crippen MR) is 91.9 cm³/mol. The molecule has 3 rings (SSSR count). The summed E-state index contributed by atoms with van der Waals surface area (Å²) in [5, 5.41) is 9.76. The Morgan fingerprint density at radius 3 is 2.38 bits per heavy atom. The number of hydrogen-bond donors (Lipinski definition) is 1. The predicted octanol–water partition coefficient (Wildman–Crippen LogP) is 3.14. The van der Waals surface area contributed by atoms with Crippen LogP contribution in [0.2, 0.25) is 0 Å². The van der Waals surface area contributed by atoms with Gasteiger partial charge in [0.2, 0.25) is 0 Å². The van der Waals surface area contributed by atoms with Gasteiger partial charge in [0.15, 0.2) is 5.79 Å². The van der Waals surface area contributed by atoms with Crippen molar-refractivity contribution >= 4 is 17.6 Å². The minimum atomic E-state index is -0.979. The average Bonchev–Trinajstić information content (AvgIpc) is 2.91. The Balaban J connectivity index is 1.77. The van der Waals surface area contributed by atoms with Crippen molar-refractivity contribution in [1.29, 1.82) is 0 Å². The smallest absolute Gasteiger partial charge is 0.335 e. The summed E-state index contributed by atoms with van der Waals surface area (Å²) >= 11 is 6.30. The van der Waals surface area contributed by atoms with Crippen molar-refractivity contribution in [2.75, 3.05) is 14.1 Å². The van der Waals surface area contributed by atoms with Gasteiger partial charge in [0, 0.05) is 12.0 Å². The highest BCUT2D eigenvalue weighted by Crippen LogP contribution is 2.47. The monoisotopic (exact) mass is 355 g/mol. The van der Waals surface area contributed by atoms with Gasteiger partial charge in [-0.1, -0.05) is 11.6 Å². The molecule has 1 aliphatic heterocycles. The lowest BCUT2D eigenvalue weighted by molar-refractivity contribution is -0.201. The van der Waals surface area contributed by atoms with Gasteiger partial charge in [-0.15, -0.1) is 0 Å². The summed E-state index contributed by atoms with van der Waals surface area (Å²) in [6.07, 6.45) is 5.00. The van der Waals surface area contributed by atoms with E-state index in [1.807, 2.05) is 6.92 Å². The van der Waals surface area contributed by atoms with E-state index < -0.39 is 24.0 Å². The number of nitrogens with zero attached hydrogens (tertiary/aromatic N) is 1. The number of hydrogen-bond acceptors (Lipinski definition) is 4. The van der Waals surface area contributed by atoms with Crippen LogP contribution < -0.4 is 0 Å². The quantitative estimate of drug-likeness (QED) is 0.842. The van der Waals surface area contributed by atoms with Gasteiger partial charge in [-0.25, -0.2) is 4.79 Å². The van der Waals surface area contributed by atoms with E-state index in [-0.39, 0.29) is 5.57 Å². The van der Waals surface area contributed by atoms with Crippen molar-refractivity contribution < 1.29 is 19.4 Å². The van der Waals surface area contributed by atoms with Gasteiger partial charge >= 0.3 is 5.97 Å². The third-order valence-electron chi connectivity index (χ3n) is 5.80. The Morgan fingerprint density at radius 1 is 1.25 bits per heavy atom. The first-order valence-corrected chi connectivity index (χ1v) is 8.94. The summed E-state index contributed by atoms with van der Waals surface area (Å²) in [6.45, 7) is 3.77. The molecule has 0 radical (unpaired) electrons. The summed E-state index contributed by atoms with van der Waals surface area (Å²) in [6, 6.07) is 0.609.